The van der Waals surface area contributed by atoms with E-state index in [4.69, 9.17) is 4.74 Å². The Balaban J connectivity index is 1.26. The number of carbonyl (C=O) groups excluding carboxylic acids is 1. The predicted octanol–water partition coefficient (Wildman–Crippen LogP) is 8.26. The van der Waals surface area contributed by atoms with Gasteiger partial charge in [0.25, 0.3) is 0 Å². The summed E-state index contributed by atoms with van der Waals surface area (Å²) in [6.45, 7) is 8.76. The molecule has 1 aliphatic heterocycles. The summed E-state index contributed by atoms with van der Waals surface area (Å²) in [5.74, 6) is 1.84. The van der Waals surface area contributed by atoms with Crippen molar-refractivity contribution >= 4 is 34.4 Å². The Kier molecular flexibility index (Phi) is 9.80. The molecule has 0 saturated carbocycles. The maximum atomic E-state index is 13.0. The number of anilines is 1. The first-order chi connectivity index (χ1) is 21.9. The Bertz CT molecular complexity index is 1750. The van der Waals surface area contributed by atoms with E-state index in [1.807, 2.05) is 56.3 Å². The molecule has 1 atom stereocenters. The van der Waals surface area contributed by atoms with E-state index < -0.39 is 12.4 Å². The fraction of sp³-hybridized carbons (Fsp3) is 0.303. The summed E-state index contributed by atoms with van der Waals surface area (Å²) in [4.78, 5) is 28.0. The summed E-state index contributed by atoms with van der Waals surface area (Å²) in [7, 11) is 1.65. The molecule has 4 aromatic rings. The summed E-state index contributed by atoms with van der Waals surface area (Å²) < 4.78 is 48.1. The maximum absolute atomic E-state index is 13.0. The molecular formula is C33H33F3N6O3S. The molecule has 1 fully saturated rings. The first-order valence-corrected chi connectivity index (χ1v) is 15.5. The van der Waals surface area contributed by atoms with Gasteiger partial charge >= 0.3 is 12.4 Å². The lowest BCUT2D eigenvalue weighted by Gasteiger charge is -2.23. The smallest absolute Gasteiger partial charge is 0.497 e. The van der Waals surface area contributed by atoms with Gasteiger partial charge in [-0.15, -0.1) is 18.3 Å². The minimum Gasteiger partial charge on any atom is -0.497 e. The van der Waals surface area contributed by atoms with Gasteiger partial charge in [-0.2, -0.15) is 4.99 Å². The fourth-order valence-electron chi connectivity index (χ4n) is 4.92. The lowest BCUT2D eigenvalue weighted by Crippen LogP contribution is -2.26. The number of alkyl halides is 3. The van der Waals surface area contributed by atoms with Crippen molar-refractivity contribution < 1.29 is 27.4 Å². The van der Waals surface area contributed by atoms with Crippen LogP contribution in [-0.4, -0.2) is 57.4 Å². The van der Waals surface area contributed by atoms with Crippen LogP contribution in [0.15, 0.2) is 83.0 Å². The Morgan fingerprint density at radius 1 is 1.00 bits per heavy atom. The SMILES string of the molecule is COc1ccc(N2CCSC2=NC(=O)N=C(C)C(C)c2ccc(-c3ncn(-c4ccc(OC(F)(F)F)cc4)n3)cc2)c(C(C)C)c1. The Labute approximate surface area is 269 Å². The monoisotopic (exact) mass is 650 g/mol. The lowest BCUT2D eigenvalue weighted by atomic mass is 9.96. The third-order valence-corrected chi connectivity index (χ3v) is 8.47. The molecular weight excluding hydrogens is 617 g/mol. The summed E-state index contributed by atoms with van der Waals surface area (Å²) in [5.41, 5.74) is 4.98. The van der Waals surface area contributed by atoms with Gasteiger partial charge in [0.15, 0.2) is 11.0 Å². The molecule has 0 aliphatic carbocycles. The Morgan fingerprint density at radius 2 is 1.70 bits per heavy atom. The van der Waals surface area contributed by atoms with Gasteiger partial charge in [0.1, 0.15) is 17.8 Å². The first kappa shape index (κ1) is 32.7. The third kappa shape index (κ3) is 7.76. The summed E-state index contributed by atoms with van der Waals surface area (Å²) in [6, 6.07) is 18.3. The zero-order chi connectivity index (χ0) is 33.0. The van der Waals surface area contributed by atoms with Crippen molar-refractivity contribution in [2.75, 3.05) is 24.3 Å². The highest BCUT2D eigenvalue weighted by molar-refractivity contribution is 8.14. The molecule has 0 bridgehead atoms. The van der Waals surface area contributed by atoms with Crippen molar-refractivity contribution in [2.45, 2.75) is 45.9 Å². The molecule has 0 radical (unpaired) electrons. The molecule has 13 heteroatoms. The number of aliphatic imine (C=N–C) groups is 2. The summed E-state index contributed by atoms with van der Waals surface area (Å²) in [6.07, 6.45) is -3.27. The van der Waals surface area contributed by atoms with E-state index in [1.165, 1.54) is 47.0 Å². The fourth-order valence-corrected chi connectivity index (χ4v) is 5.87. The number of ether oxygens (including phenoxy) is 2. The molecule has 2 heterocycles. The zero-order valence-corrected chi connectivity index (χ0v) is 26.8. The average Bonchev–Trinajstić information content (AvgIpc) is 3.70. The number of carbonyl (C=O) groups is 1. The molecule has 240 valence electrons. The van der Waals surface area contributed by atoms with Gasteiger partial charge in [0.2, 0.25) is 0 Å². The van der Waals surface area contributed by atoms with Crippen LogP contribution in [0.2, 0.25) is 0 Å². The van der Waals surface area contributed by atoms with E-state index in [0.717, 1.165) is 40.4 Å². The number of halogens is 3. The number of benzene rings is 3. The number of nitrogens with zero attached hydrogens (tertiary/aromatic N) is 6. The van der Waals surface area contributed by atoms with Crippen LogP contribution >= 0.6 is 11.8 Å². The second-order valence-corrected chi connectivity index (χ2v) is 12.0. The summed E-state index contributed by atoms with van der Waals surface area (Å²) >= 11 is 1.53. The van der Waals surface area contributed by atoms with E-state index in [0.29, 0.717) is 22.4 Å². The van der Waals surface area contributed by atoms with Crippen molar-refractivity contribution in [3.8, 4) is 28.6 Å². The van der Waals surface area contributed by atoms with Gasteiger partial charge in [-0.05, 0) is 66.4 Å². The third-order valence-electron chi connectivity index (χ3n) is 7.51. The second-order valence-electron chi connectivity index (χ2n) is 10.9. The molecule has 1 aromatic heterocycles. The van der Waals surface area contributed by atoms with Crippen LogP contribution in [0.3, 0.4) is 0 Å². The molecule has 1 aliphatic rings. The van der Waals surface area contributed by atoms with Crippen molar-refractivity contribution in [1.29, 1.82) is 0 Å². The maximum Gasteiger partial charge on any atom is 0.573 e. The van der Waals surface area contributed by atoms with Crippen LogP contribution < -0.4 is 14.4 Å². The van der Waals surface area contributed by atoms with Crippen molar-refractivity contribution in [1.82, 2.24) is 14.8 Å². The van der Waals surface area contributed by atoms with Crippen LogP contribution in [0.5, 0.6) is 11.5 Å². The van der Waals surface area contributed by atoms with Gasteiger partial charge < -0.3 is 14.4 Å². The van der Waals surface area contributed by atoms with E-state index >= 15 is 0 Å². The van der Waals surface area contributed by atoms with Gasteiger partial charge in [-0.1, -0.05) is 56.8 Å². The quantitative estimate of drug-likeness (QED) is 0.177. The van der Waals surface area contributed by atoms with Crippen LogP contribution in [0.4, 0.5) is 23.7 Å². The largest absolute Gasteiger partial charge is 0.573 e. The number of hydrogen-bond acceptors (Lipinski definition) is 6. The van der Waals surface area contributed by atoms with Gasteiger partial charge in [-0.25, -0.2) is 19.5 Å². The predicted molar refractivity (Wildman–Crippen MR) is 175 cm³/mol. The first-order valence-electron chi connectivity index (χ1n) is 14.6. The van der Waals surface area contributed by atoms with Crippen LogP contribution in [0, 0.1) is 0 Å². The highest BCUT2D eigenvalue weighted by Gasteiger charge is 2.31. The molecule has 0 N–H and O–H groups in total. The van der Waals surface area contributed by atoms with Crippen LogP contribution in [0.25, 0.3) is 17.1 Å². The standard InChI is InChI=1S/C33H33F3N6O3S/c1-20(2)28-18-27(44-5)14-15-29(28)41-16-17-46-32(41)39-31(43)38-22(4)21(3)23-6-8-24(9-7-23)30-37-19-42(40-30)25-10-12-26(13-11-25)45-33(34,35)36/h6-15,18-21H,16-17H2,1-5H3. The number of amidine groups is 1. The van der Waals surface area contributed by atoms with Crippen LogP contribution in [-0.2, 0) is 0 Å². The number of rotatable bonds is 8. The average molecular weight is 651 g/mol. The van der Waals surface area contributed by atoms with Crippen molar-refractivity contribution in [3.63, 3.8) is 0 Å². The summed E-state index contributed by atoms with van der Waals surface area (Å²) in [5, 5.41) is 5.08. The second kappa shape index (κ2) is 13.8. The Hall–Kier alpha value is -4.65. The number of methoxy groups -OCH3 is 1. The number of aromatic nitrogens is 3. The number of hydrogen-bond donors (Lipinski definition) is 0. The molecule has 9 nitrogen and oxygen atoms in total. The highest BCUT2D eigenvalue weighted by atomic mass is 32.2. The van der Waals surface area contributed by atoms with E-state index in [9.17, 15) is 18.0 Å². The molecule has 0 spiro atoms. The molecule has 46 heavy (non-hydrogen) atoms. The normalized spacial score (nSPS) is 15.5. The minimum atomic E-state index is -4.76. The lowest BCUT2D eigenvalue weighted by molar-refractivity contribution is -0.274. The molecule has 1 saturated heterocycles. The van der Waals surface area contributed by atoms with Crippen LogP contribution in [0.1, 0.15) is 50.7 Å². The van der Waals surface area contributed by atoms with E-state index in [1.54, 1.807) is 7.11 Å². The van der Waals surface area contributed by atoms with E-state index in [-0.39, 0.29) is 17.6 Å². The topological polar surface area (TPSA) is 94.2 Å². The van der Waals surface area contributed by atoms with E-state index in [2.05, 4.69) is 43.6 Å². The molecule has 3 aromatic carbocycles. The van der Waals surface area contributed by atoms with Crippen molar-refractivity contribution in [3.05, 3.63) is 84.2 Å². The van der Waals surface area contributed by atoms with Gasteiger partial charge in [0.05, 0.1) is 12.8 Å². The molecule has 5 rings (SSSR count). The highest BCUT2D eigenvalue weighted by Crippen LogP contribution is 2.35. The van der Waals surface area contributed by atoms with Gasteiger partial charge in [-0.3, -0.25) is 0 Å². The van der Waals surface area contributed by atoms with Gasteiger partial charge in [0, 0.05) is 35.2 Å². The molecule has 2 amide bonds. The minimum absolute atomic E-state index is 0.150. The zero-order valence-electron chi connectivity index (χ0n) is 25.9. The Morgan fingerprint density at radius 3 is 2.35 bits per heavy atom. The number of amides is 2. The van der Waals surface area contributed by atoms with Crippen molar-refractivity contribution in [2.24, 2.45) is 9.98 Å². The molecule has 1 unspecified atom stereocenters. The number of urea groups is 1. The number of thioether (sulfide) groups is 1.